The summed E-state index contributed by atoms with van der Waals surface area (Å²) in [5.74, 6) is -1.37. The number of carbonyl (C=O) groups is 1. The van der Waals surface area contributed by atoms with Gasteiger partial charge in [0.2, 0.25) is 0 Å². The van der Waals surface area contributed by atoms with E-state index < -0.39 is 12.1 Å². The molecule has 6 nitrogen and oxygen atoms in total. The van der Waals surface area contributed by atoms with Crippen molar-refractivity contribution in [3.8, 4) is 0 Å². The summed E-state index contributed by atoms with van der Waals surface area (Å²) in [6, 6.07) is 2.22. The number of ether oxygens (including phenoxy) is 1. The fourth-order valence-electron chi connectivity index (χ4n) is 3.32. The Bertz CT molecular complexity index is 833. The molecule has 2 aromatic heterocycles. The first-order valence-corrected chi connectivity index (χ1v) is 10.7. The normalized spacial score (nSPS) is 19.5. The quantitative estimate of drug-likeness (QED) is 0.730. The smallest absolute Gasteiger partial charge is 0.475 e. The minimum atomic E-state index is -5.08. The fraction of sp³-hybridized carbons (Fsp3) is 0.600. The molecule has 0 radical (unpaired) electrons. The van der Waals surface area contributed by atoms with Crippen LogP contribution in [0.5, 0.6) is 0 Å². The lowest BCUT2D eigenvalue weighted by molar-refractivity contribution is -0.192. The predicted octanol–water partition coefficient (Wildman–Crippen LogP) is 3.94. The number of imidazole rings is 1. The molecule has 1 N–H and O–H groups in total. The van der Waals surface area contributed by atoms with E-state index in [2.05, 4.69) is 32.8 Å². The van der Waals surface area contributed by atoms with Gasteiger partial charge in [-0.3, -0.25) is 4.90 Å². The number of thiophene rings is 1. The molecule has 0 spiro atoms. The Morgan fingerprint density at radius 3 is 2.60 bits per heavy atom. The third-order valence-corrected chi connectivity index (χ3v) is 6.15. The van der Waals surface area contributed by atoms with Gasteiger partial charge >= 0.3 is 12.1 Å². The van der Waals surface area contributed by atoms with Crippen LogP contribution in [0.1, 0.15) is 29.0 Å². The summed E-state index contributed by atoms with van der Waals surface area (Å²) in [6.07, 6.45) is 1.63. The highest BCUT2D eigenvalue weighted by Crippen LogP contribution is 2.29. The number of carboxylic acid groups (broad SMARTS) is 1. The lowest BCUT2D eigenvalue weighted by Crippen LogP contribution is -2.30. The van der Waals surface area contributed by atoms with Crippen LogP contribution in [0.4, 0.5) is 13.2 Å². The summed E-state index contributed by atoms with van der Waals surface area (Å²) in [4.78, 5) is 17.3. The van der Waals surface area contributed by atoms with Gasteiger partial charge in [0, 0.05) is 49.8 Å². The number of halogens is 3. The SMILES string of the molecule is Cc1ccsc1CN1Cc2cncn2CC(COCC2CC2)C1.O=C(O)C(F)(F)F. The molecule has 166 valence electrons. The maximum atomic E-state index is 10.6. The molecule has 0 aromatic carbocycles. The van der Waals surface area contributed by atoms with Crippen molar-refractivity contribution in [3.63, 3.8) is 0 Å². The van der Waals surface area contributed by atoms with Crippen molar-refractivity contribution >= 4 is 17.3 Å². The first-order valence-electron chi connectivity index (χ1n) is 9.84. The summed E-state index contributed by atoms with van der Waals surface area (Å²) in [7, 11) is 0. The van der Waals surface area contributed by atoms with Gasteiger partial charge in [0.1, 0.15) is 0 Å². The molecular formula is C20H26F3N3O3S. The number of hydrogen-bond acceptors (Lipinski definition) is 5. The van der Waals surface area contributed by atoms with Crippen LogP contribution < -0.4 is 0 Å². The number of rotatable bonds is 6. The summed E-state index contributed by atoms with van der Waals surface area (Å²) < 4.78 is 40.0. The number of aryl methyl sites for hydroxylation is 1. The second-order valence-electron chi connectivity index (χ2n) is 7.88. The Morgan fingerprint density at radius 1 is 1.30 bits per heavy atom. The van der Waals surface area contributed by atoms with Crippen molar-refractivity contribution in [3.05, 3.63) is 40.1 Å². The monoisotopic (exact) mass is 445 g/mol. The zero-order chi connectivity index (χ0) is 21.7. The lowest BCUT2D eigenvalue weighted by atomic mass is 10.1. The number of fused-ring (bicyclic) bond motifs is 1. The largest absolute Gasteiger partial charge is 0.490 e. The first kappa shape index (κ1) is 22.8. The third kappa shape index (κ3) is 6.82. The zero-order valence-electron chi connectivity index (χ0n) is 16.8. The van der Waals surface area contributed by atoms with Gasteiger partial charge in [0.25, 0.3) is 0 Å². The number of aliphatic carboxylic acids is 1. The minimum Gasteiger partial charge on any atom is -0.475 e. The number of carboxylic acids is 1. The van der Waals surface area contributed by atoms with Crippen molar-refractivity contribution in [1.29, 1.82) is 0 Å². The summed E-state index contributed by atoms with van der Waals surface area (Å²) in [5, 5.41) is 9.32. The number of nitrogens with zero attached hydrogens (tertiary/aromatic N) is 3. The third-order valence-electron chi connectivity index (χ3n) is 5.14. The Hall–Kier alpha value is -1.91. The van der Waals surface area contributed by atoms with E-state index in [1.807, 2.05) is 23.9 Å². The van der Waals surface area contributed by atoms with Gasteiger partial charge in [-0.2, -0.15) is 13.2 Å². The van der Waals surface area contributed by atoms with Crippen molar-refractivity contribution in [2.75, 3.05) is 19.8 Å². The molecule has 10 heteroatoms. The molecule has 0 bridgehead atoms. The zero-order valence-corrected chi connectivity index (χ0v) is 17.6. The molecule has 1 saturated carbocycles. The Labute approximate surface area is 177 Å². The van der Waals surface area contributed by atoms with E-state index in [1.165, 1.54) is 29.0 Å². The average Bonchev–Trinajstić information content (AvgIpc) is 3.30. The lowest BCUT2D eigenvalue weighted by Gasteiger charge is -2.23. The van der Waals surface area contributed by atoms with Gasteiger partial charge in [0.15, 0.2) is 0 Å². The molecule has 2 aromatic rings. The fourth-order valence-corrected chi connectivity index (χ4v) is 4.27. The van der Waals surface area contributed by atoms with E-state index in [1.54, 1.807) is 0 Å². The van der Waals surface area contributed by atoms with Crippen LogP contribution in [0.15, 0.2) is 24.0 Å². The van der Waals surface area contributed by atoms with E-state index in [-0.39, 0.29) is 0 Å². The highest BCUT2D eigenvalue weighted by Gasteiger charge is 2.38. The van der Waals surface area contributed by atoms with E-state index >= 15 is 0 Å². The van der Waals surface area contributed by atoms with Gasteiger partial charge in [-0.05, 0) is 42.7 Å². The van der Waals surface area contributed by atoms with Gasteiger partial charge in [-0.1, -0.05) is 0 Å². The van der Waals surface area contributed by atoms with Crippen molar-refractivity contribution in [1.82, 2.24) is 14.5 Å². The Morgan fingerprint density at radius 2 is 2.00 bits per heavy atom. The maximum absolute atomic E-state index is 10.6. The van der Waals surface area contributed by atoms with Crippen LogP contribution in [0.2, 0.25) is 0 Å². The highest BCUT2D eigenvalue weighted by molar-refractivity contribution is 7.10. The molecule has 0 amide bonds. The van der Waals surface area contributed by atoms with Crippen LogP contribution in [-0.2, 0) is 29.2 Å². The summed E-state index contributed by atoms with van der Waals surface area (Å²) in [5.41, 5.74) is 2.73. The molecule has 2 aliphatic rings. The predicted molar refractivity (Wildman–Crippen MR) is 106 cm³/mol. The van der Waals surface area contributed by atoms with E-state index in [0.29, 0.717) is 5.92 Å². The van der Waals surface area contributed by atoms with Crippen molar-refractivity contribution < 1.29 is 27.8 Å². The second-order valence-corrected chi connectivity index (χ2v) is 8.88. The molecule has 1 fully saturated rings. The van der Waals surface area contributed by atoms with E-state index in [9.17, 15) is 13.2 Å². The van der Waals surface area contributed by atoms with Gasteiger partial charge in [-0.25, -0.2) is 9.78 Å². The van der Waals surface area contributed by atoms with E-state index in [4.69, 9.17) is 14.6 Å². The van der Waals surface area contributed by atoms with Crippen LogP contribution in [-0.4, -0.2) is 51.5 Å². The van der Waals surface area contributed by atoms with Crippen LogP contribution in [0.3, 0.4) is 0 Å². The summed E-state index contributed by atoms with van der Waals surface area (Å²) in [6.45, 7) is 8.18. The number of alkyl halides is 3. The molecular weight excluding hydrogens is 419 g/mol. The van der Waals surface area contributed by atoms with E-state index in [0.717, 1.165) is 45.3 Å². The molecule has 4 rings (SSSR count). The Kier molecular flexibility index (Phi) is 7.54. The van der Waals surface area contributed by atoms with Crippen LogP contribution in [0.25, 0.3) is 0 Å². The molecule has 1 aliphatic carbocycles. The molecule has 30 heavy (non-hydrogen) atoms. The van der Waals surface area contributed by atoms with Gasteiger partial charge in [0.05, 0.1) is 18.6 Å². The van der Waals surface area contributed by atoms with Crippen LogP contribution in [0, 0.1) is 18.8 Å². The van der Waals surface area contributed by atoms with Crippen LogP contribution >= 0.6 is 11.3 Å². The van der Waals surface area contributed by atoms with Crippen molar-refractivity contribution in [2.45, 2.75) is 45.6 Å². The number of hydrogen-bond donors (Lipinski definition) is 1. The highest BCUT2D eigenvalue weighted by atomic mass is 32.1. The Balaban J connectivity index is 0.000000318. The second kappa shape index (κ2) is 9.93. The molecule has 1 atom stereocenters. The average molecular weight is 446 g/mol. The van der Waals surface area contributed by atoms with Gasteiger partial charge in [-0.15, -0.1) is 11.3 Å². The van der Waals surface area contributed by atoms with Crippen molar-refractivity contribution in [2.24, 2.45) is 11.8 Å². The maximum Gasteiger partial charge on any atom is 0.490 e. The standard InChI is InChI=1S/C18H25N3OS.C2HF3O2/c1-14-4-5-23-18(14)10-20-7-16(12-22-11-15-2-3-15)8-21-13-19-6-17(21)9-20;3-2(4,5)1(6)7/h4-6,13,15-16H,2-3,7-12H2,1H3;(H,6,7). The minimum absolute atomic E-state index is 0.546. The summed E-state index contributed by atoms with van der Waals surface area (Å²) >= 11 is 1.87. The van der Waals surface area contributed by atoms with Gasteiger partial charge < -0.3 is 14.4 Å². The molecule has 0 saturated heterocycles. The number of aromatic nitrogens is 2. The molecule has 1 aliphatic heterocycles. The molecule has 1 unspecified atom stereocenters. The first-order chi connectivity index (χ1) is 14.2. The topological polar surface area (TPSA) is 67.6 Å². The molecule has 3 heterocycles.